The van der Waals surface area contributed by atoms with E-state index < -0.39 is 0 Å². The van der Waals surface area contributed by atoms with E-state index in [1.54, 1.807) is 11.9 Å². The van der Waals surface area contributed by atoms with E-state index >= 15 is 0 Å². The number of rotatable bonds is 4. The summed E-state index contributed by atoms with van der Waals surface area (Å²) in [5.74, 6) is 0.471. The summed E-state index contributed by atoms with van der Waals surface area (Å²) >= 11 is 0. The lowest BCUT2D eigenvalue weighted by Crippen LogP contribution is -2.47. The molecule has 2 atom stereocenters. The normalized spacial score (nSPS) is 25.3. The predicted molar refractivity (Wildman–Crippen MR) is 71.3 cm³/mol. The van der Waals surface area contributed by atoms with Gasteiger partial charge in [0.25, 0.3) is 0 Å². The van der Waals surface area contributed by atoms with Gasteiger partial charge in [-0.05, 0) is 25.2 Å². The lowest BCUT2D eigenvalue weighted by molar-refractivity contribution is -0.139. The summed E-state index contributed by atoms with van der Waals surface area (Å²) in [6.07, 6.45) is 3.42. The SMILES string of the molecule is CN1CCC(C(=O)NC(CN)C2CC2)CC1=O.Cl. The molecule has 0 aromatic carbocycles. The van der Waals surface area contributed by atoms with E-state index in [9.17, 15) is 9.59 Å². The third-order valence-corrected chi connectivity index (χ3v) is 3.80. The Balaban J connectivity index is 0.00000162. The molecule has 5 nitrogen and oxygen atoms in total. The minimum Gasteiger partial charge on any atom is -0.352 e. The fourth-order valence-electron chi connectivity index (χ4n) is 2.34. The number of likely N-dealkylation sites (tertiary alicyclic amines) is 1. The van der Waals surface area contributed by atoms with E-state index in [4.69, 9.17) is 5.73 Å². The molecule has 1 aliphatic carbocycles. The van der Waals surface area contributed by atoms with Gasteiger partial charge in [0.2, 0.25) is 11.8 Å². The first kappa shape index (κ1) is 15.2. The van der Waals surface area contributed by atoms with Gasteiger partial charge in [-0.2, -0.15) is 0 Å². The molecule has 1 saturated heterocycles. The molecular weight excluding hydrogens is 254 g/mol. The van der Waals surface area contributed by atoms with Crippen LogP contribution in [-0.2, 0) is 9.59 Å². The fourth-order valence-corrected chi connectivity index (χ4v) is 2.34. The number of hydrogen-bond donors (Lipinski definition) is 2. The average Bonchev–Trinajstić information content (AvgIpc) is 3.13. The van der Waals surface area contributed by atoms with Crippen molar-refractivity contribution in [3.63, 3.8) is 0 Å². The van der Waals surface area contributed by atoms with Crippen molar-refractivity contribution >= 4 is 24.2 Å². The van der Waals surface area contributed by atoms with Crippen LogP contribution in [0.1, 0.15) is 25.7 Å². The number of piperidine rings is 1. The Morgan fingerprint density at radius 2 is 2.17 bits per heavy atom. The zero-order valence-corrected chi connectivity index (χ0v) is 11.5. The smallest absolute Gasteiger partial charge is 0.223 e. The van der Waals surface area contributed by atoms with Crippen LogP contribution in [-0.4, -0.2) is 42.9 Å². The summed E-state index contributed by atoms with van der Waals surface area (Å²) in [5, 5.41) is 3.00. The summed E-state index contributed by atoms with van der Waals surface area (Å²) < 4.78 is 0. The topological polar surface area (TPSA) is 75.4 Å². The van der Waals surface area contributed by atoms with Crippen molar-refractivity contribution in [3.05, 3.63) is 0 Å². The Hall–Kier alpha value is -0.810. The molecule has 0 bridgehead atoms. The van der Waals surface area contributed by atoms with Gasteiger partial charge in [-0.1, -0.05) is 0 Å². The maximum absolute atomic E-state index is 12.0. The molecule has 2 aliphatic rings. The van der Waals surface area contributed by atoms with Crippen molar-refractivity contribution in [2.45, 2.75) is 31.7 Å². The van der Waals surface area contributed by atoms with Gasteiger partial charge < -0.3 is 16.0 Å². The second kappa shape index (κ2) is 6.38. The van der Waals surface area contributed by atoms with Crippen molar-refractivity contribution < 1.29 is 9.59 Å². The molecular formula is C12H22ClN3O2. The van der Waals surface area contributed by atoms with E-state index in [0.29, 0.717) is 25.4 Å². The average molecular weight is 276 g/mol. The zero-order valence-electron chi connectivity index (χ0n) is 10.7. The Morgan fingerprint density at radius 1 is 1.50 bits per heavy atom. The molecule has 0 radical (unpaired) electrons. The molecule has 1 heterocycles. The van der Waals surface area contributed by atoms with Gasteiger partial charge in [0.1, 0.15) is 0 Å². The third kappa shape index (κ3) is 3.59. The van der Waals surface area contributed by atoms with Crippen LogP contribution in [0, 0.1) is 11.8 Å². The Morgan fingerprint density at radius 3 is 2.67 bits per heavy atom. The number of carbonyl (C=O) groups is 2. The minimum absolute atomic E-state index is 0. The number of halogens is 1. The van der Waals surface area contributed by atoms with Crippen LogP contribution in [0.2, 0.25) is 0 Å². The van der Waals surface area contributed by atoms with Crippen LogP contribution in [0.5, 0.6) is 0 Å². The number of hydrogen-bond acceptors (Lipinski definition) is 3. The summed E-state index contributed by atoms with van der Waals surface area (Å²) in [7, 11) is 1.78. The highest BCUT2D eigenvalue weighted by Gasteiger charge is 2.34. The van der Waals surface area contributed by atoms with E-state index in [2.05, 4.69) is 5.32 Å². The van der Waals surface area contributed by atoms with Crippen LogP contribution in [0.4, 0.5) is 0 Å². The molecule has 0 aromatic heterocycles. The molecule has 0 spiro atoms. The highest BCUT2D eigenvalue weighted by Crippen LogP contribution is 2.32. The second-order valence-electron chi connectivity index (χ2n) is 5.19. The second-order valence-corrected chi connectivity index (χ2v) is 5.19. The van der Waals surface area contributed by atoms with Crippen molar-refractivity contribution in [3.8, 4) is 0 Å². The largest absolute Gasteiger partial charge is 0.352 e. The number of nitrogens with zero attached hydrogens (tertiary/aromatic N) is 1. The molecule has 1 aliphatic heterocycles. The molecule has 2 rings (SSSR count). The molecule has 2 amide bonds. The first-order valence-electron chi connectivity index (χ1n) is 6.36. The van der Waals surface area contributed by atoms with E-state index in [1.165, 1.54) is 0 Å². The van der Waals surface area contributed by atoms with Gasteiger partial charge in [-0.25, -0.2) is 0 Å². The third-order valence-electron chi connectivity index (χ3n) is 3.80. The summed E-state index contributed by atoms with van der Waals surface area (Å²) in [6, 6.07) is 0.109. The molecule has 1 saturated carbocycles. The van der Waals surface area contributed by atoms with Crippen LogP contribution < -0.4 is 11.1 Å². The molecule has 2 fully saturated rings. The standard InChI is InChI=1S/C12H21N3O2.ClH/c1-15-5-4-9(6-11(15)16)12(17)14-10(7-13)8-2-3-8;/h8-10H,2-7,13H2,1H3,(H,14,17);1H. The van der Waals surface area contributed by atoms with Gasteiger partial charge in [0, 0.05) is 38.5 Å². The van der Waals surface area contributed by atoms with Gasteiger partial charge in [0.05, 0.1) is 0 Å². The molecule has 0 aromatic rings. The van der Waals surface area contributed by atoms with Crippen LogP contribution in [0.25, 0.3) is 0 Å². The Labute approximate surface area is 114 Å². The molecule has 18 heavy (non-hydrogen) atoms. The van der Waals surface area contributed by atoms with Crippen molar-refractivity contribution in [2.24, 2.45) is 17.6 Å². The molecule has 6 heteroatoms. The maximum atomic E-state index is 12.0. The van der Waals surface area contributed by atoms with Crippen LogP contribution in [0.15, 0.2) is 0 Å². The van der Waals surface area contributed by atoms with Crippen LogP contribution in [0.3, 0.4) is 0 Å². The number of carbonyl (C=O) groups excluding carboxylic acids is 2. The number of nitrogens with one attached hydrogen (secondary N) is 1. The molecule has 3 N–H and O–H groups in total. The van der Waals surface area contributed by atoms with Crippen molar-refractivity contribution in [1.82, 2.24) is 10.2 Å². The van der Waals surface area contributed by atoms with Gasteiger partial charge in [-0.3, -0.25) is 9.59 Å². The number of nitrogens with two attached hydrogens (primary N) is 1. The Kier molecular flexibility index (Phi) is 5.41. The maximum Gasteiger partial charge on any atom is 0.223 e. The van der Waals surface area contributed by atoms with Crippen LogP contribution >= 0.6 is 12.4 Å². The fraction of sp³-hybridized carbons (Fsp3) is 0.833. The van der Waals surface area contributed by atoms with Gasteiger partial charge in [0.15, 0.2) is 0 Å². The lowest BCUT2D eigenvalue weighted by Gasteiger charge is -2.29. The molecule has 104 valence electrons. The highest BCUT2D eigenvalue weighted by molar-refractivity contribution is 5.87. The van der Waals surface area contributed by atoms with E-state index in [0.717, 1.165) is 19.3 Å². The summed E-state index contributed by atoms with van der Waals surface area (Å²) in [4.78, 5) is 25.2. The van der Waals surface area contributed by atoms with Gasteiger partial charge >= 0.3 is 0 Å². The van der Waals surface area contributed by atoms with Crippen molar-refractivity contribution in [2.75, 3.05) is 20.1 Å². The predicted octanol–water partition coefficient (Wildman–Crippen LogP) is 0.130. The monoisotopic (exact) mass is 275 g/mol. The first-order chi connectivity index (χ1) is 8.11. The molecule has 2 unspecified atom stereocenters. The quantitative estimate of drug-likeness (QED) is 0.766. The van der Waals surface area contributed by atoms with Gasteiger partial charge in [-0.15, -0.1) is 12.4 Å². The zero-order chi connectivity index (χ0) is 12.4. The first-order valence-corrected chi connectivity index (χ1v) is 6.36. The summed E-state index contributed by atoms with van der Waals surface area (Å²) in [5.41, 5.74) is 5.65. The lowest BCUT2D eigenvalue weighted by atomic mass is 9.95. The Bertz CT molecular complexity index is 320. The van der Waals surface area contributed by atoms with E-state index in [-0.39, 0.29) is 36.2 Å². The minimum atomic E-state index is -0.161. The van der Waals surface area contributed by atoms with Crippen molar-refractivity contribution in [1.29, 1.82) is 0 Å². The highest BCUT2D eigenvalue weighted by atomic mass is 35.5. The summed E-state index contributed by atoms with van der Waals surface area (Å²) in [6.45, 7) is 1.17. The number of amides is 2. The van der Waals surface area contributed by atoms with E-state index in [1.807, 2.05) is 0 Å².